The lowest BCUT2D eigenvalue weighted by molar-refractivity contribution is -0.121. The van der Waals surface area contributed by atoms with Gasteiger partial charge in [0.25, 0.3) is 5.56 Å². The van der Waals surface area contributed by atoms with E-state index >= 15 is 0 Å². The molecular formula is C24H28N4O3. The molecule has 162 valence electrons. The number of aromatic amines is 1. The molecule has 0 atom stereocenters. The van der Waals surface area contributed by atoms with Crippen LogP contribution in [0, 0.1) is 5.92 Å². The minimum absolute atomic E-state index is 0.151. The summed E-state index contributed by atoms with van der Waals surface area (Å²) in [6.45, 7) is 5.81. The molecule has 2 heterocycles. The zero-order valence-electron chi connectivity index (χ0n) is 17.8. The zero-order valence-corrected chi connectivity index (χ0v) is 17.8. The van der Waals surface area contributed by atoms with Crippen LogP contribution in [0.3, 0.4) is 0 Å². The Kier molecular flexibility index (Phi) is 6.32. The number of aromatic nitrogens is 2. The number of rotatable bonds is 6. The first-order chi connectivity index (χ1) is 15.0. The first-order valence-electron chi connectivity index (χ1n) is 10.8. The lowest BCUT2D eigenvalue weighted by atomic mass is 9.99. The van der Waals surface area contributed by atoms with E-state index in [1.54, 1.807) is 24.3 Å². The number of para-hydroxylation sites is 1. The number of benzene rings is 2. The van der Waals surface area contributed by atoms with E-state index in [1.807, 2.05) is 12.1 Å². The highest BCUT2D eigenvalue weighted by molar-refractivity contribution is 5.81. The molecule has 0 spiro atoms. The molecule has 0 bridgehead atoms. The van der Waals surface area contributed by atoms with Crippen molar-refractivity contribution in [1.82, 2.24) is 19.8 Å². The lowest BCUT2D eigenvalue weighted by Gasteiger charge is -2.30. The third-order valence-corrected chi connectivity index (χ3v) is 6.00. The Morgan fingerprint density at radius 1 is 1.03 bits per heavy atom. The molecular weight excluding hydrogens is 392 g/mol. The molecule has 1 aliphatic rings. The van der Waals surface area contributed by atoms with Gasteiger partial charge in [-0.25, -0.2) is 4.79 Å². The molecule has 3 aromatic rings. The maximum absolute atomic E-state index is 12.5. The van der Waals surface area contributed by atoms with Gasteiger partial charge in [0.1, 0.15) is 6.54 Å². The highest BCUT2D eigenvalue weighted by Crippen LogP contribution is 2.18. The highest BCUT2D eigenvalue weighted by Gasteiger charge is 2.15. The molecule has 0 unspecified atom stereocenters. The van der Waals surface area contributed by atoms with Gasteiger partial charge in [-0.05, 0) is 55.1 Å². The van der Waals surface area contributed by atoms with Gasteiger partial charge in [-0.1, -0.05) is 43.3 Å². The van der Waals surface area contributed by atoms with Gasteiger partial charge >= 0.3 is 5.69 Å². The number of hydrogen-bond donors (Lipinski definition) is 2. The van der Waals surface area contributed by atoms with Crippen molar-refractivity contribution in [3.8, 4) is 0 Å². The number of fused-ring (bicyclic) bond motifs is 1. The molecule has 2 aromatic carbocycles. The van der Waals surface area contributed by atoms with Crippen LogP contribution in [0.2, 0.25) is 0 Å². The van der Waals surface area contributed by atoms with Crippen molar-refractivity contribution in [3.63, 3.8) is 0 Å². The molecule has 1 aliphatic heterocycles. The van der Waals surface area contributed by atoms with Crippen molar-refractivity contribution < 1.29 is 4.79 Å². The summed E-state index contributed by atoms with van der Waals surface area (Å²) in [4.78, 5) is 41.4. The molecule has 1 aromatic heterocycles. The minimum Gasteiger partial charge on any atom is -0.350 e. The SMILES string of the molecule is CC1CCN(Cc2ccc(CNC(=O)Cn3c(=O)[nH]c(=O)c4ccccc43)cc2)CC1. The van der Waals surface area contributed by atoms with Crippen molar-refractivity contribution in [2.45, 2.75) is 39.4 Å². The number of carbonyl (C=O) groups excluding carboxylic acids is 1. The Morgan fingerprint density at radius 2 is 1.71 bits per heavy atom. The molecule has 31 heavy (non-hydrogen) atoms. The van der Waals surface area contributed by atoms with Crippen LogP contribution in [0.4, 0.5) is 0 Å². The van der Waals surface area contributed by atoms with Gasteiger partial charge in [0.15, 0.2) is 0 Å². The number of likely N-dealkylation sites (tertiary alicyclic amines) is 1. The normalized spacial score (nSPS) is 15.3. The standard InChI is InChI=1S/C24H28N4O3/c1-17-10-12-27(13-11-17)15-19-8-6-18(7-9-19)14-25-22(29)16-28-21-5-3-2-4-20(21)23(30)26-24(28)31/h2-9,17H,10-16H2,1H3,(H,25,29)(H,26,30,31). The lowest BCUT2D eigenvalue weighted by Crippen LogP contribution is -2.36. The second-order valence-corrected chi connectivity index (χ2v) is 8.41. The molecule has 4 rings (SSSR count). The zero-order chi connectivity index (χ0) is 21.8. The van der Waals surface area contributed by atoms with Gasteiger partial charge in [-0.3, -0.25) is 24.0 Å². The molecule has 1 amide bonds. The summed E-state index contributed by atoms with van der Waals surface area (Å²) in [6, 6.07) is 15.0. The number of hydrogen-bond acceptors (Lipinski definition) is 4. The van der Waals surface area contributed by atoms with Crippen LogP contribution < -0.4 is 16.6 Å². The topological polar surface area (TPSA) is 87.2 Å². The first kappa shape index (κ1) is 21.1. The Balaban J connectivity index is 1.35. The summed E-state index contributed by atoms with van der Waals surface area (Å²) < 4.78 is 1.29. The van der Waals surface area contributed by atoms with Crippen LogP contribution in [-0.4, -0.2) is 33.4 Å². The van der Waals surface area contributed by atoms with E-state index in [2.05, 4.69) is 34.3 Å². The summed E-state index contributed by atoms with van der Waals surface area (Å²) in [5.74, 6) is 0.540. The van der Waals surface area contributed by atoms with Gasteiger partial charge in [-0.15, -0.1) is 0 Å². The van der Waals surface area contributed by atoms with Gasteiger partial charge in [0.2, 0.25) is 5.91 Å². The number of piperidine rings is 1. The van der Waals surface area contributed by atoms with Crippen molar-refractivity contribution in [2.75, 3.05) is 13.1 Å². The first-order valence-corrected chi connectivity index (χ1v) is 10.8. The molecule has 0 saturated carbocycles. The smallest absolute Gasteiger partial charge is 0.329 e. The van der Waals surface area contributed by atoms with Crippen LogP contribution in [0.5, 0.6) is 0 Å². The van der Waals surface area contributed by atoms with E-state index in [4.69, 9.17) is 0 Å². The van der Waals surface area contributed by atoms with E-state index in [-0.39, 0.29) is 12.5 Å². The van der Waals surface area contributed by atoms with Crippen molar-refractivity contribution >= 4 is 16.8 Å². The van der Waals surface area contributed by atoms with Gasteiger partial charge in [0, 0.05) is 13.1 Å². The maximum atomic E-state index is 12.5. The van der Waals surface area contributed by atoms with E-state index in [9.17, 15) is 14.4 Å². The van der Waals surface area contributed by atoms with Crippen LogP contribution in [-0.2, 0) is 24.4 Å². The molecule has 1 saturated heterocycles. The molecule has 7 heteroatoms. The van der Waals surface area contributed by atoms with Crippen LogP contribution in [0.25, 0.3) is 10.9 Å². The Hall–Kier alpha value is -3.19. The fourth-order valence-electron chi connectivity index (χ4n) is 4.04. The van der Waals surface area contributed by atoms with Crippen LogP contribution >= 0.6 is 0 Å². The Bertz CT molecular complexity index is 1170. The number of amides is 1. The molecule has 0 aliphatic carbocycles. The summed E-state index contributed by atoms with van der Waals surface area (Å²) >= 11 is 0. The average Bonchev–Trinajstić information content (AvgIpc) is 2.78. The number of nitrogens with one attached hydrogen (secondary N) is 2. The molecule has 7 nitrogen and oxygen atoms in total. The third-order valence-electron chi connectivity index (χ3n) is 6.00. The maximum Gasteiger partial charge on any atom is 0.329 e. The second-order valence-electron chi connectivity index (χ2n) is 8.41. The van der Waals surface area contributed by atoms with E-state index in [0.717, 1.165) is 31.1 Å². The van der Waals surface area contributed by atoms with E-state index in [0.29, 0.717) is 17.4 Å². The number of nitrogens with zero attached hydrogens (tertiary/aromatic N) is 2. The van der Waals surface area contributed by atoms with Crippen LogP contribution in [0.15, 0.2) is 58.1 Å². The summed E-state index contributed by atoms with van der Waals surface area (Å²) in [5, 5.41) is 3.24. The molecule has 2 N–H and O–H groups in total. The summed E-state index contributed by atoms with van der Waals surface area (Å²) in [6.07, 6.45) is 2.52. The number of H-pyrrole nitrogens is 1. The van der Waals surface area contributed by atoms with Gasteiger partial charge in [-0.2, -0.15) is 0 Å². The highest BCUT2D eigenvalue weighted by atomic mass is 16.2. The summed E-state index contributed by atoms with van der Waals surface area (Å²) in [7, 11) is 0. The van der Waals surface area contributed by atoms with Crippen LogP contribution in [0.1, 0.15) is 30.9 Å². The van der Waals surface area contributed by atoms with E-state index in [1.165, 1.54) is 23.0 Å². The van der Waals surface area contributed by atoms with Crippen molar-refractivity contribution in [3.05, 3.63) is 80.5 Å². The van der Waals surface area contributed by atoms with Crippen molar-refractivity contribution in [1.29, 1.82) is 0 Å². The second kappa shape index (κ2) is 9.31. The fourth-order valence-corrected chi connectivity index (χ4v) is 4.04. The number of carbonyl (C=O) groups is 1. The van der Waals surface area contributed by atoms with E-state index < -0.39 is 11.2 Å². The Labute approximate surface area is 180 Å². The average molecular weight is 421 g/mol. The van der Waals surface area contributed by atoms with Crippen molar-refractivity contribution in [2.24, 2.45) is 5.92 Å². The predicted octanol–water partition coefficient (Wildman–Crippen LogP) is 2.24. The monoisotopic (exact) mass is 420 g/mol. The minimum atomic E-state index is -0.588. The molecule has 0 radical (unpaired) electrons. The quantitative estimate of drug-likeness (QED) is 0.640. The predicted molar refractivity (Wildman–Crippen MR) is 121 cm³/mol. The third kappa shape index (κ3) is 5.11. The van der Waals surface area contributed by atoms with Gasteiger partial charge in [0.05, 0.1) is 10.9 Å². The molecule has 1 fully saturated rings. The fraction of sp³-hybridized carbons (Fsp3) is 0.375. The largest absolute Gasteiger partial charge is 0.350 e. The summed E-state index contributed by atoms with van der Waals surface area (Å²) in [5.41, 5.74) is 1.69. The van der Waals surface area contributed by atoms with Gasteiger partial charge < -0.3 is 5.32 Å². The Morgan fingerprint density at radius 3 is 2.45 bits per heavy atom.